The Morgan fingerprint density at radius 1 is 1.15 bits per heavy atom. The topological polar surface area (TPSA) is 45.0 Å². The van der Waals surface area contributed by atoms with Crippen LogP contribution in [-0.4, -0.2) is 27.4 Å². The fraction of sp³-hybridized carbons (Fsp3) is 0.286. The van der Waals surface area contributed by atoms with E-state index < -0.39 is 0 Å². The zero-order valence-corrected chi connectivity index (χ0v) is 16.0. The first-order chi connectivity index (χ1) is 13.2. The van der Waals surface area contributed by atoms with E-state index in [2.05, 4.69) is 17.1 Å². The van der Waals surface area contributed by atoms with Crippen LogP contribution in [0.1, 0.15) is 37.3 Å². The van der Waals surface area contributed by atoms with Crippen molar-refractivity contribution < 1.29 is 9.18 Å². The molecule has 0 saturated carbocycles. The van der Waals surface area contributed by atoms with Gasteiger partial charge in [-0.05, 0) is 29.7 Å². The van der Waals surface area contributed by atoms with Crippen LogP contribution < -0.4 is 0 Å². The average molecular weight is 383 g/mol. The Bertz CT molecular complexity index is 821. The molecule has 0 radical (unpaired) electrons. The largest absolute Gasteiger partial charge is 0.284 e. The van der Waals surface area contributed by atoms with Crippen molar-refractivity contribution in [2.75, 3.05) is 0 Å². The minimum absolute atomic E-state index is 0.0476. The number of carbonyl (C=O) groups excluding carboxylic acids is 1. The predicted octanol–water partition coefficient (Wildman–Crippen LogP) is 4.85. The van der Waals surface area contributed by atoms with E-state index in [-0.39, 0.29) is 17.0 Å². The number of carbonyl (C=O) groups is 1. The van der Waals surface area contributed by atoms with Crippen molar-refractivity contribution in [1.29, 1.82) is 0 Å². The van der Waals surface area contributed by atoms with Gasteiger partial charge in [-0.3, -0.25) is 9.69 Å². The van der Waals surface area contributed by atoms with Crippen LogP contribution in [0.4, 0.5) is 4.39 Å². The van der Waals surface area contributed by atoms with Crippen molar-refractivity contribution >= 4 is 29.1 Å². The van der Waals surface area contributed by atoms with Gasteiger partial charge in [0.05, 0.1) is 18.0 Å². The van der Waals surface area contributed by atoms with Gasteiger partial charge in [0.1, 0.15) is 5.82 Å². The lowest BCUT2D eigenvalue weighted by Gasteiger charge is -2.15. The Hall–Kier alpha value is -2.47. The van der Waals surface area contributed by atoms with E-state index in [1.807, 2.05) is 30.3 Å². The monoisotopic (exact) mass is 383 g/mol. The maximum absolute atomic E-state index is 13.2. The summed E-state index contributed by atoms with van der Waals surface area (Å²) >= 11 is 1.46. The molecule has 2 aromatic carbocycles. The number of amides is 1. The molecule has 1 atom stereocenters. The third-order valence-electron chi connectivity index (χ3n) is 4.24. The molecule has 0 N–H and O–H groups in total. The molecule has 1 aliphatic rings. The summed E-state index contributed by atoms with van der Waals surface area (Å²) in [6, 6.07) is 15.9. The molecule has 1 fully saturated rings. The lowest BCUT2D eigenvalue weighted by molar-refractivity contribution is -0.126. The molecule has 4 nitrogen and oxygen atoms in total. The fourth-order valence-electron chi connectivity index (χ4n) is 2.76. The number of nitrogens with zero attached hydrogens (tertiary/aromatic N) is 3. The standard InChI is InChI=1S/C21H22FN3OS/c1-2-3-9-19-20(26)25(15-17-10-12-18(22)13-11-17)21(27-19)24-23-14-16-7-5-4-6-8-16/h4-8,10-14,19H,2-3,9,15H2,1H3/b23-14-,24-21-/t19-/m1/s1. The quantitative estimate of drug-likeness (QED) is 0.507. The Kier molecular flexibility index (Phi) is 6.76. The summed E-state index contributed by atoms with van der Waals surface area (Å²) < 4.78 is 13.2. The van der Waals surface area contributed by atoms with Gasteiger partial charge in [0.2, 0.25) is 5.91 Å². The van der Waals surface area contributed by atoms with Gasteiger partial charge in [-0.1, -0.05) is 74.0 Å². The number of amidine groups is 1. The first-order valence-corrected chi connectivity index (χ1v) is 9.94. The smallest absolute Gasteiger partial charge is 0.242 e. The zero-order chi connectivity index (χ0) is 19.1. The molecular weight excluding hydrogens is 361 g/mol. The van der Waals surface area contributed by atoms with Gasteiger partial charge in [0.15, 0.2) is 5.17 Å². The molecule has 1 saturated heterocycles. The highest BCUT2D eigenvalue weighted by Gasteiger charge is 2.37. The summed E-state index contributed by atoms with van der Waals surface area (Å²) in [5, 5.41) is 8.94. The summed E-state index contributed by atoms with van der Waals surface area (Å²) in [6.07, 6.45) is 4.53. The van der Waals surface area contributed by atoms with E-state index in [0.29, 0.717) is 11.7 Å². The van der Waals surface area contributed by atoms with E-state index in [1.54, 1.807) is 23.2 Å². The van der Waals surface area contributed by atoms with E-state index in [9.17, 15) is 9.18 Å². The van der Waals surface area contributed by atoms with E-state index >= 15 is 0 Å². The third-order valence-corrected chi connectivity index (χ3v) is 5.48. The Labute approximate surface area is 163 Å². The van der Waals surface area contributed by atoms with Crippen molar-refractivity contribution in [2.24, 2.45) is 10.2 Å². The molecule has 0 unspecified atom stereocenters. The van der Waals surface area contributed by atoms with Gasteiger partial charge in [0.25, 0.3) is 0 Å². The average Bonchev–Trinajstić information content (AvgIpc) is 2.98. The second-order valence-corrected chi connectivity index (χ2v) is 7.51. The molecule has 0 bridgehead atoms. The third kappa shape index (κ3) is 5.26. The predicted molar refractivity (Wildman–Crippen MR) is 109 cm³/mol. The summed E-state index contributed by atoms with van der Waals surface area (Å²) in [4.78, 5) is 14.5. The first-order valence-electron chi connectivity index (χ1n) is 9.06. The fourth-order valence-corrected chi connectivity index (χ4v) is 3.90. The normalized spacial score (nSPS) is 18.7. The molecular formula is C21H22FN3OS. The van der Waals surface area contributed by atoms with Crippen LogP contribution in [-0.2, 0) is 11.3 Å². The highest BCUT2D eigenvalue weighted by atomic mass is 32.2. The molecule has 1 amide bonds. The van der Waals surface area contributed by atoms with E-state index in [4.69, 9.17) is 0 Å². The number of unbranched alkanes of at least 4 members (excludes halogenated alkanes) is 1. The second kappa shape index (κ2) is 9.46. The SMILES string of the molecule is CCCC[C@H]1S/C(=N\N=C/c2ccccc2)N(Cc2ccc(F)cc2)C1=O. The number of hydrogen-bond donors (Lipinski definition) is 0. The van der Waals surface area contributed by atoms with Gasteiger partial charge in [-0.2, -0.15) is 5.10 Å². The minimum atomic E-state index is -0.289. The van der Waals surface area contributed by atoms with Crippen LogP contribution in [0, 0.1) is 5.82 Å². The summed E-state index contributed by atoms with van der Waals surface area (Å²) in [7, 11) is 0. The maximum atomic E-state index is 13.2. The number of rotatable bonds is 7. The second-order valence-electron chi connectivity index (χ2n) is 6.34. The van der Waals surface area contributed by atoms with Crippen molar-refractivity contribution in [3.8, 4) is 0 Å². The van der Waals surface area contributed by atoms with Gasteiger partial charge in [-0.15, -0.1) is 5.10 Å². The maximum Gasteiger partial charge on any atom is 0.242 e. The molecule has 3 rings (SSSR count). The van der Waals surface area contributed by atoms with Crippen LogP contribution in [0.2, 0.25) is 0 Å². The molecule has 6 heteroatoms. The summed E-state index contributed by atoms with van der Waals surface area (Å²) in [6.45, 7) is 2.48. The summed E-state index contributed by atoms with van der Waals surface area (Å²) in [5.74, 6) is -0.241. The highest BCUT2D eigenvalue weighted by Crippen LogP contribution is 2.32. The highest BCUT2D eigenvalue weighted by molar-refractivity contribution is 8.15. The van der Waals surface area contributed by atoms with Crippen molar-refractivity contribution in [2.45, 2.75) is 38.0 Å². The molecule has 1 aliphatic heterocycles. The van der Waals surface area contributed by atoms with Gasteiger partial charge >= 0.3 is 0 Å². The van der Waals surface area contributed by atoms with E-state index in [0.717, 1.165) is 30.4 Å². The van der Waals surface area contributed by atoms with Crippen LogP contribution >= 0.6 is 11.8 Å². The summed E-state index contributed by atoms with van der Waals surface area (Å²) in [5.41, 5.74) is 1.81. The van der Waals surface area contributed by atoms with Crippen molar-refractivity contribution in [3.63, 3.8) is 0 Å². The lowest BCUT2D eigenvalue weighted by atomic mass is 10.1. The van der Waals surface area contributed by atoms with Crippen molar-refractivity contribution in [3.05, 3.63) is 71.5 Å². The van der Waals surface area contributed by atoms with Gasteiger partial charge in [0, 0.05) is 0 Å². The van der Waals surface area contributed by atoms with Gasteiger partial charge < -0.3 is 0 Å². The van der Waals surface area contributed by atoms with Crippen LogP contribution in [0.5, 0.6) is 0 Å². The molecule has 0 aromatic heterocycles. The molecule has 140 valence electrons. The Morgan fingerprint density at radius 3 is 2.59 bits per heavy atom. The minimum Gasteiger partial charge on any atom is -0.284 e. The molecule has 27 heavy (non-hydrogen) atoms. The lowest BCUT2D eigenvalue weighted by Crippen LogP contribution is -2.31. The van der Waals surface area contributed by atoms with Crippen LogP contribution in [0.15, 0.2) is 64.8 Å². The molecule has 0 aliphatic carbocycles. The van der Waals surface area contributed by atoms with Crippen LogP contribution in [0.3, 0.4) is 0 Å². The number of benzene rings is 2. The Balaban J connectivity index is 1.78. The molecule has 2 aromatic rings. The van der Waals surface area contributed by atoms with E-state index in [1.165, 1.54) is 23.9 Å². The zero-order valence-electron chi connectivity index (χ0n) is 15.2. The number of halogens is 1. The van der Waals surface area contributed by atoms with Crippen molar-refractivity contribution in [1.82, 2.24) is 4.90 Å². The molecule has 0 spiro atoms. The first kappa shape index (κ1) is 19.3. The Morgan fingerprint density at radius 2 is 1.89 bits per heavy atom. The van der Waals surface area contributed by atoms with Gasteiger partial charge in [-0.25, -0.2) is 4.39 Å². The molecule has 1 heterocycles. The van der Waals surface area contributed by atoms with Crippen LogP contribution in [0.25, 0.3) is 0 Å². The number of hydrogen-bond acceptors (Lipinski definition) is 4. The number of thioether (sulfide) groups is 1.